The minimum atomic E-state index is 0.701. The minimum absolute atomic E-state index is 0.701. The molecule has 0 bridgehead atoms. The molecule has 4 nitrogen and oxygen atoms in total. The van der Waals surface area contributed by atoms with Crippen molar-refractivity contribution >= 4 is 0 Å². The van der Waals surface area contributed by atoms with E-state index < -0.39 is 0 Å². The molecule has 20 heavy (non-hydrogen) atoms. The summed E-state index contributed by atoms with van der Waals surface area (Å²) in [7, 11) is 0. The maximum atomic E-state index is 5.74. The van der Waals surface area contributed by atoms with Crippen molar-refractivity contribution in [1.29, 1.82) is 0 Å². The molecule has 0 radical (unpaired) electrons. The number of benzene rings is 1. The van der Waals surface area contributed by atoms with Crippen molar-refractivity contribution in [1.82, 2.24) is 10.2 Å². The van der Waals surface area contributed by atoms with Crippen molar-refractivity contribution in [2.75, 3.05) is 45.9 Å². The summed E-state index contributed by atoms with van der Waals surface area (Å²) < 4.78 is 11.1. The van der Waals surface area contributed by atoms with Gasteiger partial charge in [-0.25, -0.2) is 0 Å². The van der Waals surface area contributed by atoms with Crippen LogP contribution in [0.1, 0.15) is 19.8 Å². The van der Waals surface area contributed by atoms with Crippen LogP contribution in [0.25, 0.3) is 0 Å². The summed E-state index contributed by atoms with van der Waals surface area (Å²) in [6.45, 7) is 9.29. The Morgan fingerprint density at radius 3 is 2.30 bits per heavy atom. The van der Waals surface area contributed by atoms with Gasteiger partial charge in [0.25, 0.3) is 0 Å². The number of nitrogens with zero attached hydrogens (tertiary/aromatic N) is 1. The van der Waals surface area contributed by atoms with Crippen molar-refractivity contribution in [3.63, 3.8) is 0 Å². The molecule has 1 aromatic carbocycles. The fourth-order valence-corrected chi connectivity index (χ4v) is 2.36. The maximum absolute atomic E-state index is 5.74. The Morgan fingerprint density at radius 1 is 1.00 bits per heavy atom. The van der Waals surface area contributed by atoms with E-state index in [1.165, 1.54) is 26.1 Å². The van der Waals surface area contributed by atoms with Crippen molar-refractivity contribution < 1.29 is 9.47 Å². The molecule has 0 aliphatic carbocycles. The van der Waals surface area contributed by atoms with E-state index in [1.807, 2.05) is 31.2 Å². The third-order valence-electron chi connectivity index (χ3n) is 3.48. The van der Waals surface area contributed by atoms with E-state index in [0.29, 0.717) is 6.61 Å². The molecule has 0 aromatic heterocycles. The Balaban J connectivity index is 1.56. The molecule has 0 amide bonds. The highest BCUT2D eigenvalue weighted by atomic mass is 16.5. The topological polar surface area (TPSA) is 33.7 Å². The first-order valence-corrected chi connectivity index (χ1v) is 7.67. The number of piperazine rings is 1. The average Bonchev–Trinajstić information content (AvgIpc) is 2.50. The summed E-state index contributed by atoms with van der Waals surface area (Å²) in [6.07, 6.45) is 2.31. The van der Waals surface area contributed by atoms with Crippen LogP contribution in [0, 0.1) is 0 Å². The Kier molecular flexibility index (Phi) is 6.68. The normalized spacial score (nSPS) is 16.1. The molecule has 4 heteroatoms. The zero-order valence-corrected chi connectivity index (χ0v) is 12.4. The number of hydrogen-bond donors (Lipinski definition) is 1. The lowest BCUT2D eigenvalue weighted by molar-refractivity contribution is 0.226. The molecule has 2 rings (SSSR count). The second kappa shape index (κ2) is 8.82. The van der Waals surface area contributed by atoms with E-state index in [0.717, 1.165) is 37.6 Å². The molecule has 0 spiro atoms. The van der Waals surface area contributed by atoms with E-state index in [2.05, 4.69) is 10.2 Å². The minimum Gasteiger partial charge on any atom is -0.494 e. The van der Waals surface area contributed by atoms with Gasteiger partial charge in [0, 0.05) is 26.2 Å². The van der Waals surface area contributed by atoms with Crippen LogP contribution in [0.4, 0.5) is 0 Å². The highest BCUT2D eigenvalue weighted by molar-refractivity contribution is 5.31. The third kappa shape index (κ3) is 5.39. The van der Waals surface area contributed by atoms with E-state index in [9.17, 15) is 0 Å². The summed E-state index contributed by atoms with van der Waals surface area (Å²) in [5.41, 5.74) is 0. The SMILES string of the molecule is CCOc1ccc(OCCCCN2CCNCC2)cc1. The third-order valence-corrected chi connectivity index (χ3v) is 3.48. The first-order valence-electron chi connectivity index (χ1n) is 7.67. The van der Waals surface area contributed by atoms with Crippen LogP contribution in [0.3, 0.4) is 0 Å². The van der Waals surface area contributed by atoms with Crippen molar-refractivity contribution in [3.8, 4) is 11.5 Å². The molecule has 1 aliphatic heterocycles. The zero-order valence-electron chi connectivity index (χ0n) is 12.4. The largest absolute Gasteiger partial charge is 0.494 e. The van der Waals surface area contributed by atoms with E-state index in [1.54, 1.807) is 0 Å². The summed E-state index contributed by atoms with van der Waals surface area (Å²) in [4.78, 5) is 2.52. The van der Waals surface area contributed by atoms with Gasteiger partial charge >= 0.3 is 0 Å². The van der Waals surface area contributed by atoms with Crippen LogP contribution in [-0.2, 0) is 0 Å². The lowest BCUT2D eigenvalue weighted by atomic mass is 10.2. The van der Waals surface area contributed by atoms with Gasteiger partial charge in [0.15, 0.2) is 0 Å². The lowest BCUT2D eigenvalue weighted by Gasteiger charge is -2.26. The van der Waals surface area contributed by atoms with Crippen molar-refractivity contribution in [2.45, 2.75) is 19.8 Å². The molecule has 1 fully saturated rings. The summed E-state index contributed by atoms with van der Waals surface area (Å²) >= 11 is 0. The Bertz CT molecular complexity index is 361. The fourth-order valence-electron chi connectivity index (χ4n) is 2.36. The van der Waals surface area contributed by atoms with Gasteiger partial charge in [-0.3, -0.25) is 0 Å². The van der Waals surface area contributed by atoms with Crippen molar-refractivity contribution in [3.05, 3.63) is 24.3 Å². The number of hydrogen-bond acceptors (Lipinski definition) is 4. The quantitative estimate of drug-likeness (QED) is 0.739. The molecular formula is C16H26N2O2. The highest BCUT2D eigenvalue weighted by Gasteiger charge is 2.08. The smallest absolute Gasteiger partial charge is 0.119 e. The lowest BCUT2D eigenvalue weighted by Crippen LogP contribution is -2.43. The van der Waals surface area contributed by atoms with Crippen LogP contribution in [0.2, 0.25) is 0 Å². The van der Waals surface area contributed by atoms with Gasteiger partial charge < -0.3 is 19.7 Å². The van der Waals surface area contributed by atoms with Gasteiger partial charge in [0.05, 0.1) is 13.2 Å². The first kappa shape index (κ1) is 15.1. The second-order valence-electron chi connectivity index (χ2n) is 5.05. The molecule has 0 atom stereocenters. The zero-order chi connectivity index (χ0) is 14.0. The number of rotatable bonds is 8. The molecule has 1 saturated heterocycles. The van der Waals surface area contributed by atoms with Crippen molar-refractivity contribution in [2.24, 2.45) is 0 Å². The number of ether oxygens (including phenoxy) is 2. The van der Waals surface area contributed by atoms with Gasteiger partial charge in [-0.05, 0) is 50.6 Å². The molecule has 0 unspecified atom stereocenters. The van der Waals surface area contributed by atoms with Crippen LogP contribution in [0.15, 0.2) is 24.3 Å². The van der Waals surface area contributed by atoms with Gasteiger partial charge in [-0.2, -0.15) is 0 Å². The molecule has 1 aliphatic rings. The van der Waals surface area contributed by atoms with E-state index >= 15 is 0 Å². The maximum Gasteiger partial charge on any atom is 0.119 e. The summed E-state index contributed by atoms with van der Waals surface area (Å²) in [5, 5.41) is 3.37. The van der Waals surface area contributed by atoms with Gasteiger partial charge in [0.1, 0.15) is 11.5 Å². The molecule has 0 saturated carbocycles. The molecule has 1 heterocycles. The average molecular weight is 278 g/mol. The first-order chi connectivity index (χ1) is 9.88. The monoisotopic (exact) mass is 278 g/mol. The highest BCUT2D eigenvalue weighted by Crippen LogP contribution is 2.17. The predicted octanol–water partition coefficient (Wildman–Crippen LogP) is 2.15. The van der Waals surface area contributed by atoms with Gasteiger partial charge in [-0.1, -0.05) is 0 Å². The summed E-state index contributed by atoms with van der Waals surface area (Å²) in [6, 6.07) is 7.86. The molecule has 112 valence electrons. The number of nitrogens with one attached hydrogen (secondary N) is 1. The fraction of sp³-hybridized carbons (Fsp3) is 0.625. The Hall–Kier alpha value is -1.26. The standard InChI is InChI=1S/C16H26N2O2/c1-2-19-15-5-7-16(8-6-15)20-14-4-3-11-18-12-9-17-10-13-18/h5-8,17H,2-4,9-14H2,1H3. The Morgan fingerprint density at radius 2 is 1.65 bits per heavy atom. The van der Waals surface area contributed by atoms with Crippen LogP contribution >= 0.6 is 0 Å². The van der Waals surface area contributed by atoms with Crippen LogP contribution in [-0.4, -0.2) is 50.8 Å². The second-order valence-corrected chi connectivity index (χ2v) is 5.05. The Labute approximate surface area is 122 Å². The van der Waals surface area contributed by atoms with Crippen LogP contribution < -0.4 is 14.8 Å². The van der Waals surface area contributed by atoms with Crippen LogP contribution in [0.5, 0.6) is 11.5 Å². The van der Waals surface area contributed by atoms with Gasteiger partial charge in [0.2, 0.25) is 0 Å². The molecule has 1 aromatic rings. The molecular weight excluding hydrogens is 252 g/mol. The van der Waals surface area contributed by atoms with Gasteiger partial charge in [-0.15, -0.1) is 0 Å². The summed E-state index contributed by atoms with van der Waals surface area (Å²) in [5.74, 6) is 1.83. The molecule has 1 N–H and O–H groups in total. The van der Waals surface area contributed by atoms with E-state index in [-0.39, 0.29) is 0 Å². The number of unbranched alkanes of at least 4 members (excludes halogenated alkanes) is 1. The van der Waals surface area contributed by atoms with E-state index in [4.69, 9.17) is 9.47 Å². The predicted molar refractivity (Wildman–Crippen MR) is 81.6 cm³/mol.